The maximum Gasteiger partial charge on any atom is 0.242 e. The molecular weight excluding hydrogens is 274 g/mol. The van der Waals surface area contributed by atoms with Gasteiger partial charge in [0.1, 0.15) is 4.90 Å². The second kappa shape index (κ2) is 7.09. The fourth-order valence-electron chi connectivity index (χ4n) is 1.31. The molecule has 102 valence electrons. The maximum absolute atomic E-state index is 11.9. The highest BCUT2D eigenvalue weighted by molar-refractivity contribution is 7.89. The summed E-state index contributed by atoms with van der Waals surface area (Å²) in [7, 11) is -3.55. The minimum absolute atomic E-state index is 0.0931. The first-order chi connectivity index (χ1) is 8.43. The minimum atomic E-state index is -3.55. The van der Waals surface area contributed by atoms with Crippen LogP contribution in [0.1, 0.15) is 13.8 Å². The topological polar surface area (TPSA) is 55.4 Å². The van der Waals surface area contributed by atoms with Gasteiger partial charge in [0, 0.05) is 13.2 Å². The van der Waals surface area contributed by atoms with Crippen molar-refractivity contribution in [2.24, 2.45) is 5.92 Å². The molecule has 0 aliphatic rings. The molecule has 4 nitrogen and oxygen atoms in total. The molecule has 0 bridgehead atoms. The van der Waals surface area contributed by atoms with E-state index in [1.807, 2.05) is 13.8 Å². The van der Waals surface area contributed by atoms with E-state index in [1.54, 1.807) is 18.2 Å². The lowest BCUT2D eigenvalue weighted by Gasteiger charge is -2.09. The third kappa shape index (κ3) is 4.94. The van der Waals surface area contributed by atoms with Gasteiger partial charge in [-0.15, -0.1) is 0 Å². The monoisotopic (exact) mass is 291 g/mol. The van der Waals surface area contributed by atoms with Crippen LogP contribution in [-0.4, -0.2) is 28.2 Å². The van der Waals surface area contributed by atoms with Crippen LogP contribution < -0.4 is 4.72 Å². The van der Waals surface area contributed by atoms with E-state index < -0.39 is 10.0 Å². The van der Waals surface area contributed by atoms with Crippen LogP contribution in [0.4, 0.5) is 0 Å². The molecule has 0 atom stereocenters. The zero-order chi connectivity index (χ0) is 13.6. The van der Waals surface area contributed by atoms with Crippen molar-refractivity contribution in [1.29, 1.82) is 0 Å². The second-order valence-electron chi connectivity index (χ2n) is 4.30. The van der Waals surface area contributed by atoms with Crippen molar-refractivity contribution < 1.29 is 13.2 Å². The molecule has 0 spiro atoms. The smallest absolute Gasteiger partial charge is 0.242 e. The fourth-order valence-corrected chi connectivity index (χ4v) is 2.84. The lowest BCUT2D eigenvalue weighted by atomic mass is 10.2. The van der Waals surface area contributed by atoms with Crippen LogP contribution in [0.15, 0.2) is 29.2 Å². The zero-order valence-electron chi connectivity index (χ0n) is 10.5. The Labute approximate surface area is 113 Å². The van der Waals surface area contributed by atoms with E-state index in [-0.39, 0.29) is 16.5 Å². The average Bonchev–Trinajstić information content (AvgIpc) is 2.28. The molecule has 0 aliphatic carbocycles. The Balaban J connectivity index is 2.49. The van der Waals surface area contributed by atoms with E-state index in [1.165, 1.54) is 6.07 Å². The average molecular weight is 292 g/mol. The van der Waals surface area contributed by atoms with E-state index in [9.17, 15) is 8.42 Å². The fraction of sp³-hybridized carbons (Fsp3) is 0.500. The van der Waals surface area contributed by atoms with Crippen LogP contribution in [0.3, 0.4) is 0 Å². The molecular formula is C12H18ClNO3S. The van der Waals surface area contributed by atoms with Crippen molar-refractivity contribution in [1.82, 2.24) is 4.72 Å². The van der Waals surface area contributed by atoms with Crippen molar-refractivity contribution in [2.75, 3.05) is 19.8 Å². The molecule has 1 aromatic carbocycles. The zero-order valence-corrected chi connectivity index (χ0v) is 12.1. The van der Waals surface area contributed by atoms with Crippen LogP contribution in [0.5, 0.6) is 0 Å². The molecule has 0 aliphatic heterocycles. The standard InChI is InChI=1S/C12H18ClNO3S/c1-10(2)9-17-8-7-14-18(15,16)12-6-4-3-5-11(12)13/h3-6,10,14H,7-9H2,1-2H3. The van der Waals surface area contributed by atoms with Crippen molar-refractivity contribution in [3.63, 3.8) is 0 Å². The Morgan fingerprint density at radius 1 is 1.33 bits per heavy atom. The van der Waals surface area contributed by atoms with Crippen molar-refractivity contribution in [3.05, 3.63) is 29.3 Å². The number of hydrogen-bond acceptors (Lipinski definition) is 3. The van der Waals surface area contributed by atoms with Gasteiger partial charge in [-0.25, -0.2) is 13.1 Å². The predicted octanol–water partition coefficient (Wildman–Crippen LogP) is 2.29. The predicted molar refractivity (Wildman–Crippen MR) is 72.3 cm³/mol. The summed E-state index contributed by atoms with van der Waals surface area (Å²) < 4.78 is 31.5. The van der Waals surface area contributed by atoms with Gasteiger partial charge in [0.15, 0.2) is 0 Å². The van der Waals surface area contributed by atoms with Gasteiger partial charge < -0.3 is 4.74 Å². The lowest BCUT2D eigenvalue weighted by Crippen LogP contribution is -2.28. The number of halogens is 1. The van der Waals surface area contributed by atoms with Gasteiger partial charge in [0.25, 0.3) is 0 Å². The lowest BCUT2D eigenvalue weighted by molar-refractivity contribution is 0.114. The molecule has 0 amide bonds. The van der Waals surface area contributed by atoms with Gasteiger partial charge >= 0.3 is 0 Å². The molecule has 0 heterocycles. The molecule has 1 N–H and O–H groups in total. The van der Waals surface area contributed by atoms with E-state index in [0.717, 1.165) is 0 Å². The van der Waals surface area contributed by atoms with E-state index >= 15 is 0 Å². The Morgan fingerprint density at radius 3 is 2.61 bits per heavy atom. The van der Waals surface area contributed by atoms with Crippen molar-refractivity contribution in [2.45, 2.75) is 18.7 Å². The SMILES string of the molecule is CC(C)COCCNS(=O)(=O)c1ccccc1Cl. The van der Waals surface area contributed by atoms with E-state index in [4.69, 9.17) is 16.3 Å². The summed E-state index contributed by atoms with van der Waals surface area (Å²) in [4.78, 5) is 0.0931. The summed E-state index contributed by atoms with van der Waals surface area (Å²) in [6.07, 6.45) is 0. The highest BCUT2D eigenvalue weighted by Gasteiger charge is 2.16. The Bertz CT molecular complexity index is 474. The quantitative estimate of drug-likeness (QED) is 0.784. The van der Waals surface area contributed by atoms with Crippen LogP contribution in [-0.2, 0) is 14.8 Å². The third-order valence-corrected chi connectivity index (χ3v) is 4.08. The van der Waals surface area contributed by atoms with Gasteiger partial charge in [-0.05, 0) is 18.1 Å². The van der Waals surface area contributed by atoms with Gasteiger partial charge in [-0.2, -0.15) is 0 Å². The largest absolute Gasteiger partial charge is 0.380 e. The molecule has 6 heteroatoms. The summed E-state index contributed by atoms with van der Waals surface area (Å²) in [5, 5.41) is 0.216. The number of nitrogens with one attached hydrogen (secondary N) is 1. The summed E-state index contributed by atoms with van der Waals surface area (Å²) in [5.41, 5.74) is 0. The number of ether oxygens (including phenoxy) is 1. The minimum Gasteiger partial charge on any atom is -0.380 e. The second-order valence-corrected chi connectivity index (χ2v) is 6.44. The van der Waals surface area contributed by atoms with Crippen molar-refractivity contribution >= 4 is 21.6 Å². The highest BCUT2D eigenvalue weighted by atomic mass is 35.5. The number of rotatable bonds is 7. The molecule has 1 aromatic rings. The molecule has 1 rings (SSSR count). The highest BCUT2D eigenvalue weighted by Crippen LogP contribution is 2.19. The first kappa shape index (κ1) is 15.4. The summed E-state index contributed by atoms with van der Waals surface area (Å²) in [6.45, 7) is 5.28. The van der Waals surface area contributed by atoms with Gasteiger partial charge in [-0.1, -0.05) is 37.6 Å². The normalized spacial score (nSPS) is 12.0. The molecule has 0 saturated carbocycles. The van der Waals surface area contributed by atoms with Crippen LogP contribution >= 0.6 is 11.6 Å². The molecule has 18 heavy (non-hydrogen) atoms. The van der Waals surface area contributed by atoms with E-state index in [2.05, 4.69) is 4.72 Å². The number of sulfonamides is 1. The van der Waals surface area contributed by atoms with Crippen LogP contribution in [0.25, 0.3) is 0 Å². The Morgan fingerprint density at radius 2 is 2.00 bits per heavy atom. The third-order valence-electron chi connectivity index (χ3n) is 2.12. The summed E-state index contributed by atoms with van der Waals surface area (Å²) >= 11 is 5.84. The van der Waals surface area contributed by atoms with Crippen LogP contribution in [0, 0.1) is 5.92 Å². The summed E-state index contributed by atoms with van der Waals surface area (Å²) in [5.74, 6) is 0.435. The number of hydrogen-bond donors (Lipinski definition) is 1. The van der Waals surface area contributed by atoms with Gasteiger partial charge in [-0.3, -0.25) is 0 Å². The molecule has 0 fully saturated rings. The molecule has 0 radical (unpaired) electrons. The van der Waals surface area contributed by atoms with E-state index in [0.29, 0.717) is 19.1 Å². The Kier molecular flexibility index (Phi) is 6.08. The number of benzene rings is 1. The summed E-state index contributed by atoms with van der Waals surface area (Å²) in [6, 6.07) is 6.34. The molecule has 0 unspecified atom stereocenters. The Hall–Kier alpha value is -0.620. The molecule has 0 saturated heterocycles. The first-order valence-electron chi connectivity index (χ1n) is 5.75. The molecule has 0 aromatic heterocycles. The van der Waals surface area contributed by atoms with Crippen molar-refractivity contribution in [3.8, 4) is 0 Å². The van der Waals surface area contributed by atoms with Gasteiger partial charge in [0.2, 0.25) is 10.0 Å². The van der Waals surface area contributed by atoms with Gasteiger partial charge in [0.05, 0.1) is 11.6 Å². The maximum atomic E-state index is 11.9. The van der Waals surface area contributed by atoms with Crippen LogP contribution in [0.2, 0.25) is 5.02 Å². The first-order valence-corrected chi connectivity index (χ1v) is 7.61.